The number of halogens is 3. The summed E-state index contributed by atoms with van der Waals surface area (Å²) in [6.07, 6.45) is 1.08. The van der Waals surface area contributed by atoms with Crippen LogP contribution in [0.5, 0.6) is 0 Å². The zero-order valence-electron chi connectivity index (χ0n) is 8.23. The van der Waals surface area contributed by atoms with E-state index in [9.17, 15) is 13.2 Å². The van der Waals surface area contributed by atoms with Gasteiger partial charge in [-0.1, -0.05) is 6.92 Å². The lowest BCUT2D eigenvalue weighted by molar-refractivity contribution is 0.466. The highest BCUT2D eigenvalue weighted by molar-refractivity contribution is 5.36. The van der Waals surface area contributed by atoms with Crippen LogP contribution >= 0.6 is 0 Å². The lowest BCUT2D eigenvalue weighted by Crippen LogP contribution is -2.09. The molecule has 1 aliphatic carbocycles. The van der Waals surface area contributed by atoms with Crippen LogP contribution in [0.3, 0.4) is 0 Å². The van der Waals surface area contributed by atoms with Gasteiger partial charge < -0.3 is 5.32 Å². The molecule has 1 aliphatic rings. The van der Waals surface area contributed by atoms with E-state index in [2.05, 4.69) is 17.2 Å². The summed E-state index contributed by atoms with van der Waals surface area (Å²) in [5.41, 5.74) is 0. The Kier molecular flexibility index (Phi) is 2.54. The first-order valence-corrected chi connectivity index (χ1v) is 4.83. The average molecular weight is 216 g/mol. The minimum Gasteiger partial charge on any atom is -0.367 e. The summed E-state index contributed by atoms with van der Waals surface area (Å²) in [5.74, 6) is -2.51. The molecule has 0 radical (unpaired) electrons. The van der Waals surface area contributed by atoms with E-state index < -0.39 is 17.6 Å². The minimum atomic E-state index is -1.28. The predicted molar refractivity (Wildman–Crippen MR) is 49.9 cm³/mol. The summed E-state index contributed by atoms with van der Waals surface area (Å²) in [5, 5.41) is 2.68. The van der Waals surface area contributed by atoms with Gasteiger partial charge in [-0.15, -0.1) is 0 Å². The molecule has 1 fully saturated rings. The van der Waals surface area contributed by atoms with Gasteiger partial charge in [-0.25, -0.2) is 8.78 Å². The Morgan fingerprint density at radius 3 is 2.67 bits per heavy atom. The van der Waals surface area contributed by atoms with Gasteiger partial charge in [0.1, 0.15) is 0 Å². The Morgan fingerprint density at radius 1 is 1.40 bits per heavy atom. The van der Waals surface area contributed by atoms with Crippen molar-refractivity contribution in [1.82, 2.24) is 4.98 Å². The van der Waals surface area contributed by atoms with Gasteiger partial charge in [0.05, 0.1) is 0 Å². The van der Waals surface area contributed by atoms with Crippen LogP contribution in [0.1, 0.15) is 13.3 Å². The number of anilines is 1. The van der Waals surface area contributed by atoms with Crippen LogP contribution < -0.4 is 5.32 Å². The van der Waals surface area contributed by atoms with Crippen LogP contribution in [0.15, 0.2) is 6.07 Å². The van der Waals surface area contributed by atoms with Crippen molar-refractivity contribution in [3.05, 3.63) is 23.6 Å². The van der Waals surface area contributed by atoms with Gasteiger partial charge in [-0.2, -0.15) is 9.37 Å². The number of nitrogens with zero attached hydrogens (tertiary/aromatic N) is 1. The third kappa shape index (κ3) is 2.22. The average Bonchev–Trinajstić information content (AvgIpc) is 2.86. The molecule has 0 spiro atoms. The number of aromatic nitrogens is 1. The van der Waals surface area contributed by atoms with Crippen molar-refractivity contribution in [3.8, 4) is 0 Å². The van der Waals surface area contributed by atoms with E-state index in [1.165, 1.54) is 0 Å². The van der Waals surface area contributed by atoms with Crippen molar-refractivity contribution in [1.29, 1.82) is 0 Å². The fourth-order valence-electron chi connectivity index (χ4n) is 1.48. The Bertz CT molecular complexity index is 381. The van der Waals surface area contributed by atoms with Gasteiger partial charge in [0.15, 0.2) is 17.5 Å². The second-order valence-corrected chi connectivity index (χ2v) is 3.95. The molecule has 0 aromatic carbocycles. The molecule has 5 heteroatoms. The molecule has 82 valence electrons. The molecule has 0 aliphatic heterocycles. The van der Waals surface area contributed by atoms with Crippen LogP contribution in [0, 0.1) is 29.4 Å². The molecule has 1 aromatic rings. The van der Waals surface area contributed by atoms with Crippen LogP contribution in [0.25, 0.3) is 0 Å². The Balaban J connectivity index is 2.04. The Hall–Kier alpha value is -1.26. The largest absolute Gasteiger partial charge is 0.367 e. The number of rotatable bonds is 3. The molecular weight excluding hydrogens is 205 g/mol. The normalized spacial score (nSPS) is 24.0. The quantitative estimate of drug-likeness (QED) is 0.785. The topological polar surface area (TPSA) is 24.9 Å². The van der Waals surface area contributed by atoms with E-state index in [1.54, 1.807) is 0 Å². The molecule has 1 saturated carbocycles. The summed E-state index contributed by atoms with van der Waals surface area (Å²) in [4.78, 5) is 3.17. The summed E-state index contributed by atoms with van der Waals surface area (Å²) >= 11 is 0. The molecule has 0 amide bonds. The van der Waals surface area contributed by atoms with Gasteiger partial charge in [0.2, 0.25) is 0 Å². The summed E-state index contributed by atoms with van der Waals surface area (Å²) in [7, 11) is 0. The zero-order valence-corrected chi connectivity index (χ0v) is 8.23. The number of hydrogen-bond acceptors (Lipinski definition) is 2. The summed E-state index contributed by atoms with van der Waals surface area (Å²) < 4.78 is 38.3. The van der Waals surface area contributed by atoms with E-state index in [0.29, 0.717) is 24.4 Å². The third-order valence-corrected chi connectivity index (χ3v) is 2.69. The molecule has 1 aromatic heterocycles. The fraction of sp³-hybridized carbons (Fsp3) is 0.500. The monoisotopic (exact) mass is 216 g/mol. The van der Waals surface area contributed by atoms with E-state index in [4.69, 9.17) is 0 Å². The van der Waals surface area contributed by atoms with Gasteiger partial charge >= 0.3 is 0 Å². The standard InChI is InChI=1S/C10H11F3N2/c1-5-2-6(5)4-14-10-8(12)3-7(11)9(13)15-10/h3,5-6H,2,4H2,1H3,(H,14,15). The maximum Gasteiger partial charge on any atom is 0.251 e. The molecule has 2 atom stereocenters. The number of pyridine rings is 1. The van der Waals surface area contributed by atoms with Crippen LogP contribution in [-0.4, -0.2) is 11.5 Å². The molecule has 2 nitrogen and oxygen atoms in total. The maximum absolute atomic E-state index is 13.1. The lowest BCUT2D eigenvalue weighted by Gasteiger charge is -2.05. The first-order chi connectivity index (χ1) is 7.08. The maximum atomic E-state index is 13.1. The first kappa shape index (κ1) is 10.3. The molecule has 2 rings (SSSR count). The van der Waals surface area contributed by atoms with Crippen molar-refractivity contribution in [2.24, 2.45) is 11.8 Å². The van der Waals surface area contributed by atoms with Crippen LogP contribution in [0.2, 0.25) is 0 Å². The molecule has 1 heterocycles. The Morgan fingerprint density at radius 2 is 2.07 bits per heavy atom. The van der Waals surface area contributed by atoms with Crippen molar-refractivity contribution >= 4 is 5.82 Å². The highest BCUT2D eigenvalue weighted by Gasteiger charge is 2.32. The van der Waals surface area contributed by atoms with Gasteiger partial charge in [-0.3, -0.25) is 0 Å². The highest BCUT2D eigenvalue weighted by Crippen LogP contribution is 2.37. The summed E-state index contributed by atoms with van der Waals surface area (Å²) in [6.45, 7) is 2.64. The van der Waals surface area contributed by atoms with E-state index >= 15 is 0 Å². The van der Waals surface area contributed by atoms with Crippen LogP contribution in [-0.2, 0) is 0 Å². The molecule has 1 N–H and O–H groups in total. The van der Waals surface area contributed by atoms with Crippen molar-refractivity contribution in [2.45, 2.75) is 13.3 Å². The number of nitrogens with one attached hydrogen (secondary N) is 1. The summed E-state index contributed by atoms with van der Waals surface area (Å²) in [6, 6.07) is 0.501. The third-order valence-electron chi connectivity index (χ3n) is 2.69. The van der Waals surface area contributed by atoms with Crippen molar-refractivity contribution < 1.29 is 13.2 Å². The first-order valence-electron chi connectivity index (χ1n) is 4.83. The Labute approximate surface area is 85.5 Å². The highest BCUT2D eigenvalue weighted by atomic mass is 19.2. The second-order valence-electron chi connectivity index (χ2n) is 3.95. The van der Waals surface area contributed by atoms with Crippen molar-refractivity contribution in [2.75, 3.05) is 11.9 Å². The van der Waals surface area contributed by atoms with Gasteiger partial charge in [0, 0.05) is 12.6 Å². The lowest BCUT2D eigenvalue weighted by atomic mass is 10.3. The van der Waals surface area contributed by atoms with E-state index in [-0.39, 0.29) is 5.82 Å². The SMILES string of the molecule is CC1CC1CNc1nc(F)c(F)cc1F. The smallest absolute Gasteiger partial charge is 0.251 e. The predicted octanol–water partition coefficient (Wildman–Crippen LogP) is 2.57. The molecular formula is C10H11F3N2. The van der Waals surface area contributed by atoms with Gasteiger partial charge in [-0.05, 0) is 18.3 Å². The fourth-order valence-corrected chi connectivity index (χ4v) is 1.48. The van der Waals surface area contributed by atoms with Gasteiger partial charge in [0.25, 0.3) is 5.95 Å². The van der Waals surface area contributed by atoms with E-state index in [1.807, 2.05) is 0 Å². The number of hydrogen-bond donors (Lipinski definition) is 1. The minimum absolute atomic E-state index is 0.215. The molecule has 0 saturated heterocycles. The van der Waals surface area contributed by atoms with Crippen LogP contribution in [0.4, 0.5) is 19.0 Å². The molecule has 2 unspecified atom stereocenters. The second kappa shape index (κ2) is 3.72. The van der Waals surface area contributed by atoms with E-state index in [0.717, 1.165) is 6.42 Å². The van der Waals surface area contributed by atoms with Crippen molar-refractivity contribution in [3.63, 3.8) is 0 Å². The molecule has 15 heavy (non-hydrogen) atoms. The molecule has 0 bridgehead atoms. The zero-order chi connectivity index (χ0) is 11.0.